The smallest absolute Gasteiger partial charge is 0.124 e. The Morgan fingerprint density at radius 1 is 1.38 bits per heavy atom. The van der Waals surface area contributed by atoms with Crippen molar-refractivity contribution in [1.82, 2.24) is 0 Å². The molecule has 0 aliphatic carbocycles. The van der Waals surface area contributed by atoms with Crippen molar-refractivity contribution in [1.29, 1.82) is 0 Å². The molecule has 0 fully saturated rings. The van der Waals surface area contributed by atoms with E-state index in [-0.39, 0.29) is 5.60 Å². The van der Waals surface area contributed by atoms with Crippen LogP contribution in [0.2, 0.25) is 0 Å². The Labute approximate surface area is 79.7 Å². The molecular formula is C12H14O. The molecule has 0 bridgehead atoms. The molecule has 0 amide bonds. The highest BCUT2D eigenvalue weighted by molar-refractivity contribution is 5.43. The highest BCUT2D eigenvalue weighted by Crippen LogP contribution is 2.34. The predicted octanol–water partition coefficient (Wildman–Crippen LogP) is 2.99. The van der Waals surface area contributed by atoms with Crippen LogP contribution < -0.4 is 4.74 Å². The summed E-state index contributed by atoms with van der Waals surface area (Å²) < 4.78 is 5.84. The summed E-state index contributed by atoms with van der Waals surface area (Å²) in [5, 5.41) is 0. The first-order chi connectivity index (χ1) is 6.07. The first kappa shape index (κ1) is 8.61. The number of hydrogen-bond donors (Lipinski definition) is 0. The zero-order chi connectivity index (χ0) is 9.47. The second-order valence-electron chi connectivity index (χ2n) is 4.21. The summed E-state index contributed by atoms with van der Waals surface area (Å²) in [4.78, 5) is 0. The van der Waals surface area contributed by atoms with Gasteiger partial charge in [-0.05, 0) is 38.8 Å². The van der Waals surface area contributed by atoms with Crippen LogP contribution in [0.3, 0.4) is 0 Å². The van der Waals surface area contributed by atoms with Crippen LogP contribution in [0.25, 0.3) is 0 Å². The van der Waals surface area contributed by atoms with Gasteiger partial charge in [0.15, 0.2) is 0 Å². The monoisotopic (exact) mass is 174 g/mol. The third-order valence-electron chi connectivity index (χ3n) is 2.23. The first-order valence-corrected chi connectivity index (χ1v) is 4.60. The summed E-state index contributed by atoms with van der Waals surface area (Å²) in [7, 11) is 0. The Morgan fingerprint density at radius 2 is 2.15 bits per heavy atom. The number of rotatable bonds is 0. The number of aryl methyl sites for hydroxylation is 1. The molecule has 1 heteroatoms. The van der Waals surface area contributed by atoms with Gasteiger partial charge in [-0.15, -0.1) is 0 Å². The Balaban J connectivity index is 2.38. The Kier molecular flexibility index (Phi) is 1.83. The van der Waals surface area contributed by atoms with Crippen molar-refractivity contribution in [2.24, 2.45) is 0 Å². The molecule has 1 nitrogen and oxygen atoms in total. The standard InChI is InChI=1S/C12H14O/c1-9-4-5-10-6-7-12(2,3)13-11(10)8-9/h4-5,8H,7H2,1-3H3. The average molecular weight is 174 g/mol. The molecule has 1 aliphatic rings. The summed E-state index contributed by atoms with van der Waals surface area (Å²) in [5.74, 6) is 0.969. The predicted molar refractivity (Wildman–Crippen MR) is 52.8 cm³/mol. The van der Waals surface area contributed by atoms with Crippen LogP contribution in [0, 0.1) is 13.3 Å². The fourth-order valence-electron chi connectivity index (χ4n) is 1.50. The van der Waals surface area contributed by atoms with Crippen LogP contribution in [-0.2, 0) is 0 Å². The Bertz CT molecular complexity index is 326. The van der Waals surface area contributed by atoms with E-state index in [0.717, 1.165) is 17.7 Å². The summed E-state index contributed by atoms with van der Waals surface area (Å²) in [6.07, 6.45) is 4.22. The molecule has 0 aromatic heterocycles. The molecule has 1 heterocycles. The van der Waals surface area contributed by atoms with Gasteiger partial charge in [0.1, 0.15) is 11.4 Å². The van der Waals surface area contributed by atoms with Crippen LogP contribution in [0.1, 0.15) is 31.4 Å². The van der Waals surface area contributed by atoms with Gasteiger partial charge in [0.2, 0.25) is 0 Å². The van der Waals surface area contributed by atoms with E-state index in [0.29, 0.717) is 0 Å². The van der Waals surface area contributed by atoms with Gasteiger partial charge in [-0.2, -0.15) is 0 Å². The molecule has 0 saturated heterocycles. The van der Waals surface area contributed by atoms with Gasteiger partial charge in [0.05, 0.1) is 0 Å². The zero-order valence-electron chi connectivity index (χ0n) is 8.35. The number of fused-ring (bicyclic) bond motifs is 1. The van der Waals surface area contributed by atoms with Gasteiger partial charge in [0, 0.05) is 12.0 Å². The minimum atomic E-state index is -0.0964. The lowest BCUT2D eigenvalue weighted by Crippen LogP contribution is -2.31. The highest BCUT2D eigenvalue weighted by atomic mass is 16.5. The summed E-state index contributed by atoms with van der Waals surface area (Å²) in [6, 6.07) is 6.23. The summed E-state index contributed by atoms with van der Waals surface area (Å²) in [6.45, 7) is 6.25. The molecule has 1 aromatic rings. The minimum Gasteiger partial charge on any atom is -0.488 e. The van der Waals surface area contributed by atoms with Crippen LogP contribution in [0.5, 0.6) is 5.75 Å². The van der Waals surface area contributed by atoms with E-state index in [9.17, 15) is 0 Å². The SMILES string of the molecule is Cc1ccc2c(c1)OC(C)(C)C[C]2. The summed E-state index contributed by atoms with van der Waals surface area (Å²) >= 11 is 0. The fourth-order valence-corrected chi connectivity index (χ4v) is 1.50. The zero-order valence-corrected chi connectivity index (χ0v) is 8.35. The lowest BCUT2D eigenvalue weighted by Gasteiger charge is -2.32. The second kappa shape index (κ2) is 2.76. The number of benzene rings is 1. The van der Waals surface area contributed by atoms with Crippen molar-refractivity contribution in [3.8, 4) is 5.75 Å². The van der Waals surface area contributed by atoms with E-state index in [1.165, 1.54) is 5.56 Å². The maximum absolute atomic E-state index is 5.84. The van der Waals surface area contributed by atoms with Crippen molar-refractivity contribution >= 4 is 0 Å². The number of ether oxygens (including phenoxy) is 1. The molecular weight excluding hydrogens is 160 g/mol. The normalized spacial score (nSPS) is 19.0. The van der Waals surface area contributed by atoms with Crippen LogP contribution in [0.15, 0.2) is 18.2 Å². The molecule has 1 aliphatic heterocycles. The van der Waals surface area contributed by atoms with Crippen molar-refractivity contribution in [2.75, 3.05) is 0 Å². The van der Waals surface area contributed by atoms with Crippen molar-refractivity contribution in [3.05, 3.63) is 35.7 Å². The van der Waals surface area contributed by atoms with E-state index < -0.39 is 0 Å². The fraction of sp³-hybridized carbons (Fsp3) is 0.417. The lowest BCUT2D eigenvalue weighted by molar-refractivity contribution is 0.0987. The minimum absolute atomic E-state index is 0.0964. The van der Waals surface area contributed by atoms with Gasteiger partial charge < -0.3 is 4.74 Å². The van der Waals surface area contributed by atoms with Gasteiger partial charge in [-0.25, -0.2) is 0 Å². The lowest BCUT2D eigenvalue weighted by atomic mass is 9.94. The molecule has 1 aromatic carbocycles. The van der Waals surface area contributed by atoms with E-state index in [1.807, 2.05) is 0 Å². The third-order valence-corrected chi connectivity index (χ3v) is 2.23. The molecule has 0 N–H and O–H groups in total. The van der Waals surface area contributed by atoms with E-state index in [2.05, 4.69) is 45.4 Å². The largest absolute Gasteiger partial charge is 0.488 e. The van der Waals surface area contributed by atoms with Crippen LogP contribution in [-0.4, -0.2) is 5.60 Å². The van der Waals surface area contributed by atoms with Gasteiger partial charge >= 0.3 is 0 Å². The van der Waals surface area contributed by atoms with Crippen LogP contribution >= 0.6 is 0 Å². The molecule has 2 rings (SSSR count). The molecule has 68 valence electrons. The molecule has 0 spiro atoms. The summed E-state index contributed by atoms with van der Waals surface area (Å²) in [5.41, 5.74) is 2.24. The third kappa shape index (κ3) is 1.69. The maximum atomic E-state index is 5.84. The van der Waals surface area contributed by atoms with Crippen molar-refractivity contribution < 1.29 is 4.74 Å². The topological polar surface area (TPSA) is 9.23 Å². The van der Waals surface area contributed by atoms with E-state index in [4.69, 9.17) is 4.74 Å². The molecule has 0 saturated carbocycles. The molecule has 13 heavy (non-hydrogen) atoms. The quantitative estimate of drug-likeness (QED) is 0.587. The highest BCUT2D eigenvalue weighted by Gasteiger charge is 2.26. The maximum Gasteiger partial charge on any atom is 0.124 e. The van der Waals surface area contributed by atoms with E-state index in [1.54, 1.807) is 0 Å². The second-order valence-corrected chi connectivity index (χ2v) is 4.21. The van der Waals surface area contributed by atoms with Crippen molar-refractivity contribution in [3.63, 3.8) is 0 Å². The Hall–Kier alpha value is -0.980. The van der Waals surface area contributed by atoms with Gasteiger partial charge in [-0.1, -0.05) is 12.1 Å². The Morgan fingerprint density at radius 3 is 2.92 bits per heavy atom. The number of hydrogen-bond acceptors (Lipinski definition) is 1. The van der Waals surface area contributed by atoms with E-state index >= 15 is 0 Å². The van der Waals surface area contributed by atoms with Gasteiger partial charge in [0.25, 0.3) is 0 Å². The van der Waals surface area contributed by atoms with Gasteiger partial charge in [-0.3, -0.25) is 0 Å². The average Bonchev–Trinajstić information content (AvgIpc) is 2.01. The molecule has 2 radical (unpaired) electrons. The van der Waals surface area contributed by atoms with Crippen LogP contribution in [0.4, 0.5) is 0 Å². The first-order valence-electron chi connectivity index (χ1n) is 4.60. The molecule has 0 atom stereocenters. The van der Waals surface area contributed by atoms with Crippen molar-refractivity contribution in [2.45, 2.75) is 32.8 Å². The molecule has 0 unspecified atom stereocenters.